The van der Waals surface area contributed by atoms with E-state index in [1.165, 1.54) is 25.3 Å². The van der Waals surface area contributed by atoms with Crippen LogP contribution < -0.4 is 11.1 Å². The molecule has 0 aliphatic heterocycles. The molecule has 1 aromatic heterocycles. The molecular weight excluding hydrogens is 432 g/mol. The van der Waals surface area contributed by atoms with Crippen molar-refractivity contribution in [2.24, 2.45) is 17.6 Å². The van der Waals surface area contributed by atoms with Crippen LogP contribution >= 0.6 is 11.3 Å². The summed E-state index contributed by atoms with van der Waals surface area (Å²) in [4.78, 5) is 43.2. The molecule has 0 fully saturated rings. The van der Waals surface area contributed by atoms with E-state index in [0.717, 1.165) is 6.42 Å². The van der Waals surface area contributed by atoms with Crippen molar-refractivity contribution in [3.05, 3.63) is 16.1 Å². The second-order valence-electron chi connectivity index (χ2n) is 8.23. The molecule has 2 unspecified atom stereocenters. The molecule has 1 aromatic rings. The van der Waals surface area contributed by atoms with Crippen molar-refractivity contribution in [1.29, 1.82) is 0 Å². The molecule has 0 saturated carbocycles. The van der Waals surface area contributed by atoms with Gasteiger partial charge in [0.05, 0.1) is 12.6 Å². The lowest BCUT2D eigenvalue weighted by molar-refractivity contribution is -0.149. The van der Waals surface area contributed by atoms with Gasteiger partial charge in [-0.1, -0.05) is 34.1 Å². The van der Waals surface area contributed by atoms with Gasteiger partial charge in [0.2, 0.25) is 5.91 Å². The van der Waals surface area contributed by atoms with Crippen molar-refractivity contribution in [2.75, 3.05) is 27.3 Å². The highest BCUT2D eigenvalue weighted by Crippen LogP contribution is 2.31. The lowest BCUT2D eigenvalue weighted by Gasteiger charge is -2.38. The average molecular weight is 471 g/mol. The van der Waals surface area contributed by atoms with Gasteiger partial charge < -0.3 is 25.4 Å². The van der Waals surface area contributed by atoms with E-state index >= 15 is 0 Å². The molecule has 0 aliphatic rings. The predicted molar refractivity (Wildman–Crippen MR) is 124 cm³/mol. The number of aromatic nitrogens is 1. The molecule has 0 radical (unpaired) electrons. The first kappa shape index (κ1) is 28.0. The standard InChI is InChI=1S/C22H38N4O5S/c1-8-14(4)19(23)22(29)26(9-10-30-7)17(13(2)3)11-18(31-15(5)27)21-25-16(12-32-21)20(28)24-6/h12-14,17-19H,8-11,23H2,1-7H3,(H,24,28)/t14-,17?,18?,19-/m0/s1. The first-order valence-electron chi connectivity index (χ1n) is 11.0. The van der Waals surface area contributed by atoms with Crippen molar-refractivity contribution < 1.29 is 23.9 Å². The Morgan fingerprint density at radius 3 is 2.44 bits per heavy atom. The van der Waals surface area contributed by atoms with Crippen LogP contribution in [-0.2, 0) is 19.1 Å². The number of thiazole rings is 1. The van der Waals surface area contributed by atoms with E-state index in [4.69, 9.17) is 15.2 Å². The number of nitrogens with two attached hydrogens (primary N) is 1. The van der Waals surface area contributed by atoms with Gasteiger partial charge in [0, 0.05) is 45.5 Å². The number of amides is 2. The fourth-order valence-corrected chi connectivity index (χ4v) is 4.20. The monoisotopic (exact) mass is 470 g/mol. The third-order valence-electron chi connectivity index (χ3n) is 5.55. The van der Waals surface area contributed by atoms with Gasteiger partial charge in [-0.3, -0.25) is 14.4 Å². The van der Waals surface area contributed by atoms with Gasteiger partial charge in [-0.2, -0.15) is 0 Å². The van der Waals surface area contributed by atoms with E-state index in [1.807, 2.05) is 27.7 Å². The highest BCUT2D eigenvalue weighted by Gasteiger charge is 2.35. The summed E-state index contributed by atoms with van der Waals surface area (Å²) in [6, 6.07) is -0.908. The molecular formula is C22H38N4O5S. The van der Waals surface area contributed by atoms with Crippen LogP contribution in [0.25, 0.3) is 0 Å². The number of nitrogens with one attached hydrogen (secondary N) is 1. The Morgan fingerprint density at radius 2 is 1.94 bits per heavy atom. The summed E-state index contributed by atoms with van der Waals surface area (Å²) >= 11 is 1.25. The number of carbonyl (C=O) groups excluding carboxylic acids is 3. The Balaban J connectivity index is 3.28. The normalized spacial score (nSPS) is 15.0. The van der Waals surface area contributed by atoms with E-state index in [1.54, 1.807) is 17.4 Å². The van der Waals surface area contributed by atoms with Crippen LogP contribution in [0.5, 0.6) is 0 Å². The molecule has 9 nitrogen and oxygen atoms in total. The summed E-state index contributed by atoms with van der Waals surface area (Å²) in [6.45, 7) is 10.0. The first-order chi connectivity index (χ1) is 15.1. The number of rotatable bonds is 13. The van der Waals surface area contributed by atoms with E-state index in [9.17, 15) is 14.4 Å². The third kappa shape index (κ3) is 7.83. The summed E-state index contributed by atoms with van der Waals surface area (Å²) in [5.41, 5.74) is 6.55. The van der Waals surface area contributed by atoms with Gasteiger partial charge in [-0.05, 0) is 11.8 Å². The number of hydrogen-bond acceptors (Lipinski definition) is 8. The predicted octanol–water partition coefficient (Wildman–Crippen LogP) is 2.37. The largest absolute Gasteiger partial charge is 0.455 e. The van der Waals surface area contributed by atoms with Gasteiger partial charge in [-0.25, -0.2) is 4.98 Å². The zero-order chi connectivity index (χ0) is 24.4. The molecule has 32 heavy (non-hydrogen) atoms. The van der Waals surface area contributed by atoms with Crippen molar-refractivity contribution in [3.63, 3.8) is 0 Å². The number of ether oxygens (including phenoxy) is 2. The van der Waals surface area contributed by atoms with Crippen molar-refractivity contribution in [3.8, 4) is 0 Å². The van der Waals surface area contributed by atoms with E-state index in [2.05, 4.69) is 10.3 Å². The minimum absolute atomic E-state index is 0.0266. The maximum absolute atomic E-state index is 13.3. The first-order valence-corrected chi connectivity index (χ1v) is 11.8. The van der Waals surface area contributed by atoms with Crippen molar-refractivity contribution >= 4 is 29.1 Å². The molecule has 182 valence electrons. The maximum Gasteiger partial charge on any atom is 0.303 e. The van der Waals surface area contributed by atoms with Gasteiger partial charge in [0.1, 0.15) is 10.7 Å². The summed E-state index contributed by atoms with van der Waals surface area (Å²) in [7, 11) is 3.11. The topological polar surface area (TPSA) is 124 Å². The molecule has 2 amide bonds. The Morgan fingerprint density at radius 1 is 1.28 bits per heavy atom. The van der Waals surface area contributed by atoms with E-state index in [-0.39, 0.29) is 35.4 Å². The van der Waals surface area contributed by atoms with Gasteiger partial charge in [0.25, 0.3) is 5.91 Å². The fourth-order valence-electron chi connectivity index (χ4n) is 3.36. The molecule has 0 spiro atoms. The summed E-state index contributed by atoms with van der Waals surface area (Å²) in [5.74, 6) is -0.844. The van der Waals surface area contributed by atoms with Gasteiger partial charge >= 0.3 is 5.97 Å². The zero-order valence-electron chi connectivity index (χ0n) is 20.2. The lowest BCUT2D eigenvalue weighted by atomic mass is 9.93. The van der Waals surface area contributed by atoms with Crippen LogP contribution in [-0.4, -0.2) is 67.1 Å². The molecule has 0 saturated heterocycles. The van der Waals surface area contributed by atoms with Gasteiger partial charge in [0.15, 0.2) is 6.10 Å². The van der Waals surface area contributed by atoms with Gasteiger partial charge in [-0.15, -0.1) is 11.3 Å². The van der Waals surface area contributed by atoms with Crippen molar-refractivity contribution in [2.45, 2.75) is 65.6 Å². The lowest BCUT2D eigenvalue weighted by Crippen LogP contribution is -2.53. The number of carbonyl (C=O) groups is 3. The number of methoxy groups -OCH3 is 1. The average Bonchev–Trinajstić information content (AvgIpc) is 3.25. The molecule has 1 rings (SSSR count). The molecule has 0 aliphatic carbocycles. The Kier molecular flexibility index (Phi) is 11.8. The van der Waals surface area contributed by atoms with Crippen LogP contribution in [0.1, 0.15) is 69.1 Å². The van der Waals surface area contributed by atoms with E-state index < -0.39 is 18.1 Å². The van der Waals surface area contributed by atoms with Crippen LogP contribution in [0.15, 0.2) is 5.38 Å². The third-order valence-corrected chi connectivity index (χ3v) is 6.49. The molecule has 0 aromatic carbocycles. The van der Waals surface area contributed by atoms with Crippen LogP contribution in [0.3, 0.4) is 0 Å². The fraction of sp³-hybridized carbons (Fsp3) is 0.727. The highest BCUT2D eigenvalue weighted by molar-refractivity contribution is 7.09. The smallest absolute Gasteiger partial charge is 0.303 e. The second-order valence-corrected chi connectivity index (χ2v) is 9.12. The number of esters is 1. The second kappa shape index (κ2) is 13.5. The number of hydrogen-bond donors (Lipinski definition) is 2. The van der Waals surface area contributed by atoms with Crippen molar-refractivity contribution in [1.82, 2.24) is 15.2 Å². The maximum atomic E-state index is 13.3. The molecule has 1 heterocycles. The van der Waals surface area contributed by atoms with Crippen LogP contribution in [0.2, 0.25) is 0 Å². The van der Waals surface area contributed by atoms with E-state index in [0.29, 0.717) is 24.6 Å². The van der Waals surface area contributed by atoms with Crippen LogP contribution in [0.4, 0.5) is 0 Å². The minimum Gasteiger partial charge on any atom is -0.455 e. The summed E-state index contributed by atoms with van der Waals surface area (Å²) < 4.78 is 10.8. The Labute approximate surface area is 195 Å². The zero-order valence-corrected chi connectivity index (χ0v) is 21.0. The molecule has 3 N–H and O–H groups in total. The van der Waals surface area contributed by atoms with Crippen LogP contribution in [0, 0.1) is 11.8 Å². The molecule has 10 heteroatoms. The Hall–Kier alpha value is -2.04. The molecule has 0 bridgehead atoms. The quantitative estimate of drug-likeness (QED) is 0.424. The Bertz CT molecular complexity index is 754. The summed E-state index contributed by atoms with van der Waals surface area (Å²) in [5, 5.41) is 4.67. The summed E-state index contributed by atoms with van der Waals surface area (Å²) in [6.07, 6.45) is 0.427. The highest BCUT2D eigenvalue weighted by atomic mass is 32.1. The number of nitrogens with zero attached hydrogens (tertiary/aromatic N) is 2. The molecule has 4 atom stereocenters. The minimum atomic E-state index is -0.694. The SMILES string of the molecule is CC[C@H](C)[C@H](N)C(=O)N(CCOC)C(CC(OC(C)=O)c1nc(C(=O)NC)cs1)C(C)C.